The molecule has 0 saturated heterocycles. The highest BCUT2D eigenvalue weighted by Gasteiger charge is 2.27. The predicted molar refractivity (Wildman–Crippen MR) is 80.6 cm³/mol. The maximum Gasteiger partial charge on any atom is 0.224 e. The molecule has 3 rings (SSSR count). The average Bonchev–Trinajstić information content (AvgIpc) is 3.32. The number of benzene rings is 1. The molecule has 1 saturated carbocycles. The molecule has 2 aromatic rings. The van der Waals surface area contributed by atoms with Crippen molar-refractivity contribution in [1.82, 2.24) is 9.97 Å². The van der Waals surface area contributed by atoms with Gasteiger partial charge >= 0.3 is 0 Å². The number of nitrogens with one attached hydrogen (secondary N) is 1. The number of aliphatic hydroxyl groups excluding tert-OH is 1. The van der Waals surface area contributed by atoms with Gasteiger partial charge in [-0.25, -0.2) is 4.98 Å². The average molecular weight is 285 g/mol. The number of aliphatic hydroxyl groups is 1. The summed E-state index contributed by atoms with van der Waals surface area (Å²) in [6, 6.07) is 9.21. The number of aromatic nitrogens is 2. The Morgan fingerprint density at radius 2 is 2.10 bits per heavy atom. The predicted octanol–water partition coefficient (Wildman–Crippen LogP) is 3.07. The fraction of sp³-hybridized carbons (Fsp3) is 0.375. The van der Waals surface area contributed by atoms with E-state index in [0.717, 1.165) is 36.6 Å². The van der Waals surface area contributed by atoms with Gasteiger partial charge in [-0.3, -0.25) is 0 Å². The van der Waals surface area contributed by atoms with Crippen molar-refractivity contribution >= 4 is 5.82 Å². The lowest BCUT2D eigenvalue weighted by Crippen LogP contribution is -2.04. The highest BCUT2D eigenvalue weighted by atomic mass is 16.5. The van der Waals surface area contributed by atoms with Gasteiger partial charge in [-0.2, -0.15) is 4.98 Å². The summed E-state index contributed by atoms with van der Waals surface area (Å²) in [4.78, 5) is 9.01. The molecule has 0 spiro atoms. The maximum atomic E-state index is 9.36. The molecule has 0 bridgehead atoms. The van der Waals surface area contributed by atoms with Gasteiger partial charge in [-0.15, -0.1) is 0 Å². The minimum Gasteiger partial charge on any atom is -0.438 e. The second-order valence-corrected chi connectivity index (χ2v) is 5.12. The third-order valence-corrected chi connectivity index (χ3v) is 3.38. The summed E-state index contributed by atoms with van der Waals surface area (Å²) in [5.74, 6) is 3.22. The van der Waals surface area contributed by atoms with Crippen LogP contribution in [0.4, 0.5) is 5.82 Å². The summed E-state index contributed by atoms with van der Waals surface area (Å²) in [6.45, 7) is 2.77. The van der Waals surface area contributed by atoms with Crippen LogP contribution in [-0.4, -0.2) is 21.6 Å². The standard InChI is InChI=1S/C16H19N3O2/c1-2-17-14-9-15(19-16(18-14)11-7-8-11)21-13-6-4-3-5-12(13)10-20/h3-6,9,11,20H,2,7-8,10H2,1H3,(H,17,18,19). The van der Waals surface area contributed by atoms with Crippen molar-refractivity contribution in [2.45, 2.75) is 32.3 Å². The molecule has 1 aromatic heterocycles. The molecular weight excluding hydrogens is 266 g/mol. The quantitative estimate of drug-likeness (QED) is 0.853. The molecule has 21 heavy (non-hydrogen) atoms. The normalized spacial score (nSPS) is 14.0. The molecule has 0 radical (unpaired) electrons. The number of para-hydroxylation sites is 1. The molecule has 0 amide bonds. The second-order valence-electron chi connectivity index (χ2n) is 5.12. The molecular formula is C16H19N3O2. The zero-order chi connectivity index (χ0) is 14.7. The van der Waals surface area contributed by atoms with E-state index in [1.54, 1.807) is 6.07 Å². The van der Waals surface area contributed by atoms with E-state index in [4.69, 9.17) is 4.74 Å². The van der Waals surface area contributed by atoms with Gasteiger partial charge < -0.3 is 15.2 Å². The second kappa shape index (κ2) is 6.10. The van der Waals surface area contributed by atoms with Crippen molar-refractivity contribution in [3.8, 4) is 11.6 Å². The number of ether oxygens (including phenoxy) is 1. The van der Waals surface area contributed by atoms with Crippen molar-refractivity contribution in [3.05, 3.63) is 41.7 Å². The SMILES string of the molecule is CCNc1cc(Oc2ccccc2CO)nc(C2CC2)n1. The third-order valence-electron chi connectivity index (χ3n) is 3.38. The zero-order valence-corrected chi connectivity index (χ0v) is 12.0. The van der Waals surface area contributed by atoms with Crippen LogP contribution in [0.1, 0.15) is 37.1 Å². The summed E-state index contributed by atoms with van der Waals surface area (Å²) < 4.78 is 5.85. The van der Waals surface area contributed by atoms with Crippen LogP contribution in [0.2, 0.25) is 0 Å². The van der Waals surface area contributed by atoms with Crippen molar-refractivity contribution < 1.29 is 9.84 Å². The van der Waals surface area contributed by atoms with E-state index in [9.17, 15) is 5.11 Å². The van der Waals surface area contributed by atoms with Crippen LogP contribution in [0.15, 0.2) is 30.3 Å². The summed E-state index contributed by atoms with van der Waals surface area (Å²) in [5, 5.41) is 12.6. The molecule has 1 aliphatic carbocycles. The molecule has 110 valence electrons. The van der Waals surface area contributed by atoms with Crippen molar-refractivity contribution in [2.24, 2.45) is 0 Å². The number of hydrogen-bond acceptors (Lipinski definition) is 5. The van der Waals surface area contributed by atoms with E-state index in [-0.39, 0.29) is 6.61 Å². The topological polar surface area (TPSA) is 67.3 Å². The van der Waals surface area contributed by atoms with Crippen molar-refractivity contribution in [3.63, 3.8) is 0 Å². The monoisotopic (exact) mass is 285 g/mol. The van der Waals surface area contributed by atoms with Crippen LogP contribution in [0.25, 0.3) is 0 Å². The Morgan fingerprint density at radius 3 is 2.81 bits per heavy atom. The van der Waals surface area contributed by atoms with Crippen LogP contribution < -0.4 is 10.1 Å². The molecule has 0 unspecified atom stereocenters. The number of anilines is 1. The Morgan fingerprint density at radius 1 is 1.29 bits per heavy atom. The lowest BCUT2D eigenvalue weighted by atomic mass is 10.2. The molecule has 5 heteroatoms. The fourth-order valence-corrected chi connectivity index (χ4v) is 2.14. The minimum atomic E-state index is -0.0587. The number of hydrogen-bond donors (Lipinski definition) is 2. The largest absolute Gasteiger partial charge is 0.438 e. The lowest BCUT2D eigenvalue weighted by Gasteiger charge is -2.11. The summed E-state index contributed by atoms with van der Waals surface area (Å²) in [6.07, 6.45) is 2.28. The Hall–Kier alpha value is -2.14. The summed E-state index contributed by atoms with van der Waals surface area (Å²) in [5.41, 5.74) is 0.745. The van der Waals surface area contributed by atoms with Gasteiger partial charge in [-0.05, 0) is 25.8 Å². The first-order valence-corrected chi connectivity index (χ1v) is 7.29. The van der Waals surface area contributed by atoms with Gasteiger partial charge in [0.2, 0.25) is 5.88 Å². The van der Waals surface area contributed by atoms with Gasteiger partial charge in [0.15, 0.2) is 0 Å². The van der Waals surface area contributed by atoms with E-state index in [2.05, 4.69) is 15.3 Å². The lowest BCUT2D eigenvalue weighted by molar-refractivity contribution is 0.276. The first-order valence-electron chi connectivity index (χ1n) is 7.29. The fourth-order valence-electron chi connectivity index (χ4n) is 2.14. The third kappa shape index (κ3) is 3.31. The Labute approximate surface area is 124 Å². The smallest absolute Gasteiger partial charge is 0.224 e. The van der Waals surface area contributed by atoms with E-state index in [1.165, 1.54) is 0 Å². The molecule has 1 heterocycles. The summed E-state index contributed by atoms with van der Waals surface area (Å²) >= 11 is 0. The van der Waals surface area contributed by atoms with Crippen LogP contribution in [0.3, 0.4) is 0 Å². The molecule has 1 aromatic carbocycles. The Kier molecular flexibility index (Phi) is 4.01. The van der Waals surface area contributed by atoms with Crippen molar-refractivity contribution in [1.29, 1.82) is 0 Å². The number of nitrogens with zero attached hydrogens (tertiary/aromatic N) is 2. The van der Waals surface area contributed by atoms with E-state index < -0.39 is 0 Å². The first kappa shape index (κ1) is 13.8. The zero-order valence-electron chi connectivity index (χ0n) is 12.0. The van der Waals surface area contributed by atoms with Crippen molar-refractivity contribution in [2.75, 3.05) is 11.9 Å². The highest BCUT2D eigenvalue weighted by molar-refractivity contribution is 5.42. The van der Waals surface area contributed by atoms with E-state index in [0.29, 0.717) is 17.5 Å². The van der Waals surface area contributed by atoms with E-state index in [1.807, 2.05) is 31.2 Å². The Balaban J connectivity index is 1.89. The van der Waals surface area contributed by atoms with Gasteiger partial charge in [-0.1, -0.05) is 18.2 Å². The van der Waals surface area contributed by atoms with E-state index >= 15 is 0 Å². The molecule has 5 nitrogen and oxygen atoms in total. The molecule has 1 aliphatic rings. The molecule has 2 N–H and O–H groups in total. The minimum absolute atomic E-state index is 0.0587. The van der Waals surface area contributed by atoms with Crippen LogP contribution >= 0.6 is 0 Å². The van der Waals surface area contributed by atoms with Crippen LogP contribution in [0, 0.1) is 0 Å². The Bertz CT molecular complexity index is 627. The van der Waals surface area contributed by atoms with Crippen LogP contribution in [-0.2, 0) is 6.61 Å². The number of rotatable bonds is 6. The molecule has 1 fully saturated rings. The van der Waals surface area contributed by atoms with Gasteiger partial charge in [0.25, 0.3) is 0 Å². The van der Waals surface area contributed by atoms with Gasteiger partial charge in [0, 0.05) is 24.1 Å². The highest BCUT2D eigenvalue weighted by Crippen LogP contribution is 2.39. The van der Waals surface area contributed by atoms with Gasteiger partial charge in [0.05, 0.1) is 6.61 Å². The first-order chi connectivity index (χ1) is 10.3. The van der Waals surface area contributed by atoms with Gasteiger partial charge in [0.1, 0.15) is 17.4 Å². The van der Waals surface area contributed by atoms with Crippen LogP contribution in [0.5, 0.6) is 11.6 Å². The summed E-state index contributed by atoms with van der Waals surface area (Å²) in [7, 11) is 0. The molecule has 0 aliphatic heterocycles. The molecule has 0 atom stereocenters. The maximum absolute atomic E-state index is 9.36.